The molecule has 0 aliphatic rings. The number of anilines is 1. The summed E-state index contributed by atoms with van der Waals surface area (Å²) < 4.78 is 5.55. The first-order valence-electron chi connectivity index (χ1n) is 6.53. The van der Waals surface area contributed by atoms with E-state index in [4.69, 9.17) is 4.42 Å². The first kappa shape index (κ1) is 11.1. The van der Waals surface area contributed by atoms with Crippen LogP contribution < -0.4 is 5.32 Å². The topological polar surface area (TPSA) is 53.9 Å². The lowest BCUT2D eigenvalue weighted by molar-refractivity contribution is 0.611. The molecule has 2 N–H and O–H groups in total. The van der Waals surface area contributed by atoms with E-state index in [1.54, 1.807) is 0 Å². The molecule has 0 fully saturated rings. The van der Waals surface area contributed by atoms with Crippen LogP contribution in [0, 0.1) is 0 Å². The maximum absolute atomic E-state index is 5.55. The van der Waals surface area contributed by atoms with Gasteiger partial charge in [0.1, 0.15) is 5.58 Å². The third-order valence-corrected chi connectivity index (χ3v) is 3.52. The molecule has 4 rings (SSSR count). The van der Waals surface area contributed by atoms with Crippen molar-refractivity contribution in [1.29, 1.82) is 0 Å². The molecule has 0 saturated carbocycles. The van der Waals surface area contributed by atoms with Gasteiger partial charge in [0.05, 0.1) is 18.0 Å². The van der Waals surface area contributed by atoms with Crippen molar-refractivity contribution in [3.05, 3.63) is 60.5 Å². The summed E-state index contributed by atoms with van der Waals surface area (Å²) in [5, 5.41) is 12.7. The molecule has 0 atom stereocenters. The van der Waals surface area contributed by atoms with Gasteiger partial charge in [0, 0.05) is 28.6 Å². The highest BCUT2D eigenvalue weighted by Crippen LogP contribution is 2.24. The number of rotatable bonds is 3. The van der Waals surface area contributed by atoms with Gasteiger partial charge in [0.2, 0.25) is 0 Å². The smallest absolute Gasteiger partial charge is 0.134 e. The van der Waals surface area contributed by atoms with Crippen LogP contribution in [0.5, 0.6) is 0 Å². The van der Waals surface area contributed by atoms with Crippen LogP contribution in [0.4, 0.5) is 5.69 Å². The Labute approximate surface area is 115 Å². The summed E-state index contributed by atoms with van der Waals surface area (Å²) in [6.45, 7) is 0.724. The standard InChI is InChI=1S/C16H13N3O/c1-2-7-16-12(4-1)11(10-20-16)8-17-14-5-3-6-15-13(14)9-18-19-15/h1-7,9-10,17H,8H2,(H,18,19). The number of H-pyrrole nitrogens is 1. The Bertz CT molecular complexity index is 875. The predicted octanol–water partition coefficient (Wildman–Crippen LogP) is 3.92. The summed E-state index contributed by atoms with van der Waals surface area (Å²) in [6.07, 6.45) is 3.65. The van der Waals surface area contributed by atoms with E-state index in [0.29, 0.717) is 0 Å². The van der Waals surface area contributed by atoms with Gasteiger partial charge in [-0.15, -0.1) is 0 Å². The zero-order chi connectivity index (χ0) is 13.4. The fourth-order valence-electron chi connectivity index (χ4n) is 2.48. The molecular weight excluding hydrogens is 250 g/mol. The van der Waals surface area contributed by atoms with Crippen molar-refractivity contribution in [3.63, 3.8) is 0 Å². The van der Waals surface area contributed by atoms with Crippen LogP contribution in [0.3, 0.4) is 0 Å². The maximum Gasteiger partial charge on any atom is 0.134 e. The van der Waals surface area contributed by atoms with Crippen molar-refractivity contribution < 1.29 is 4.42 Å². The molecule has 2 aromatic heterocycles. The van der Waals surface area contributed by atoms with Gasteiger partial charge in [-0.25, -0.2) is 0 Å². The highest BCUT2D eigenvalue weighted by atomic mass is 16.3. The summed E-state index contributed by atoms with van der Waals surface area (Å²) in [6, 6.07) is 14.1. The number of aromatic nitrogens is 2. The number of nitrogens with zero attached hydrogens (tertiary/aromatic N) is 1. The maximum atomic E-state index is 5.55. The Kier molecular flexibility index (Phi) is 2.45. The predicted molar refractivity (Wildman–Crippen MR) is 79.6 cm³/mol. The van der Waals surface area contributed by atoms with Crippen LogP contribution in [-0.4, -0.2) is 10.2 Å². The monoisotopic (exact) mass is 263 g/mol. The summed E-state index contributed by atoms with van der Waals surface area (Å²) >= 11 is 0. The largest absolute Gasteiger partial charge is 0.464 e. The quantitative estimate of drug-likeness (QED) is 0.589. The van der Waals surface area contributed by atoms with Crippen molar-refractivity contribution in [1.82, 2.24) is 10.2 Å². The van der Waals surface area contributed by atoms with Crippen LogP contribution in [0.15, 0.2) is 59.3 Å². The Morgan fingerprint density at radius 1 is 1.05 bits per heavy atom. The minimum absolute atomic E-state index is 0.724. The second-order valence-electron chi connectivity index (χ2n) is 4.75. The molecule has 2 heterocycles. The second-order valence-corrected chi connectivity index (χ2v) is 4.75. The van der Waals surface area contributed by atoms with Crippen LogP contribution in [0.25, 0.3) is 21.9 Å². The first-order chi connectivity index (χ1) is 9.92. The Morgan fingerprint density at radius 3 is 3.00 bits per heavy atom. The second kappa shape index (κ2) is 4.42. The lowest BCUT2D eigenvalue weighted by atomic mass is 10.1. The lowest BCUT2D eigenvalue weighted by Crippen LogP contribution is -1.98. The summed E-state index contributed by atoms with van der Waals surface area (Å²) in [4.78, 5) is 0. The molecule has 4 aromatic rings. The molecule has 0 radical (unpaired) electrons. The van der Waals surface area contributed by atoms with E-state index in [1.165, 1.54) is 0 Å². The Hall–Kier alpha value is -2.75. The van der Waals surface area contributed by atoms with E-state index in [9.17, 15) is 0 Å². The fourth-order valence-corrected chi connectivity index (χ4v) is 2.48. The molecule has 0 aliphatic heterocycles. The SMILES string of the molecule is c1cc(NCc2coc3ccccc23)c2cn[nH]c2c1. The van der Waals surface area contributed by atoms with E-state index in [-0.39, 0.29) is 0 Å². The molecular formula is C16H13N3O. The average molecular weight is 263 g/mol. The zero-order valence-electron chi connectivity index (χ0n) is 10.8. The van der Waals surface area contributed by atoms with E-state index < -0.39 is 0 Å². The number of hydrogen-bond donors (Lipinski definition) is 2. The minimum atomic E-state index is 0.724. The van der Waals surface area contributed by atoms with E-state index in [0.717, 1.165) is 39.7 Å². The molecule has 0 unspecified atom stereocenters. The van der Waals surface area contributed by atoms with E-state index in [2.05, 4.69) is 27.6 Å². The van der Waals surface area contributed by atoms with Crippen LogP contribution >= 0.6 is 0 Å². The number of benzene rings is 2. The molecule has 0 aliphatic carbocycles. The third kappa shape index (κ3) is 1.73. The molecule has 20 heavy (non-hydrogen) atoms. The van der Waals surface area contributed by atoms with E-state index >= 15 is 0 Å². The molecule has 0 saturated heterocycles. The molecule has 4 heteroatoms. The van der Waals surface area contributed by atoms with Gasteiger partial charge in [-0.3, -0.25) is 5.10 Å². The highest BCUT2D eigenvalue weighted by molar-refractivity contribution is 5.91. The average Bonchev–Trinajstić information content (AvgIpc) is 3.12. The Morgan fingerprint density at radius 2 is 2.00 bits per heavy atom. The van der Waals surface area contributed by atoms with E-state index in [1.807, 2.05) is 42.8 Å². The molecule has 98 valence electrons. The summed E-state index contributed by atoms with van der Waals surface area (Å²) in [7, 11) is 0. The number of nitrogens with one attached hydrogen (secondary N) is 2. The molecule has 0 amide bonds. The fraction of sp³-hybridized carbons (Fsp3) is 0.0625. The van der Waals surface area contributed by atoms with Gasteiger partial charge >= 0.3 is 0 Å². The number of fused-ring (bicyclic) bond motifs is 2. The van der Waals surface area contributed by atoms with Gasteiger partial charge in [-0.2, -0.15) is 5.10 Å². The molecule has 2 aromatic carbocycles. The van der Waals surface area contributed by atoms with Gasteiger partial charge in [-0.05, 0) is 18.2 Å². The zero-order valence-corrected chi connectivity index (χ0v) is 10.8. The Balaban J connectivity index is 1.66. The minimum Gasteiger partial charge on any atom is -0.464 e. The summed E-state index contributed by atoms with van der Waals surface area (Å²) in [5.74, 6) is 0. The van der Waals surface area contributed by atoms with Gasteiger partial charge in [-0.1, -0.05) is 24.3 Å². The van der Waals surface area contributed by atoms with Crippen molar-refractivity contribution in [2.75, 3.05) is 5.32 Å². The number of aromatic amines is 1. The van der Waals surface area contributed by atoms with Crippen molar-refractivity contribution >= 4 is 27.6 Å². The molecule has 4 nitrogen and oxygen atoms in total. The van der Waals surface area contributed by atoms with Crippen molar-refractivity contribution in [2.45, 2.75) is 6.54 Å². The van der Waals surface area contributed by atoms with Crippen LogP contribution in [0.1, 0.15) is 5.56 Å². The number of furan rings is 1. The van der Waals surface area contributed by atoms with Crippen LogP contribution in [0.2, 0.25) is 0 Å². The number of para-hydroxylation sites is 1. The first-order valence-corrected chi connectivity index (χ1v) is 6.53. The van der Waals surface area contributed by atoms with Gasteiger partial charge in [0.15, 0.2) is 0 Å². The lowest BCUT2D eigenvalue weighted by Gasteiger charge is -2.06. The van der Waals surface area contributed by atoms with Crippen LogP contribution in [-0.2, 0) is 6.54 Å². The van der Waals surface area contributed by atoms with Crippen molar-refractivity contribution in [2.24, 2.45) is 0 Å². The molecule has 0 spiro atoms. The van der Waals surface area contributed by atoms with Gasteiger partial charge < -0.3 is 9.73 Å². The number of hydrogen-bond acceptors (Lipinski definition) is 3. The normalized spacial score (nSPS) is 11.2. The highest BCUT2D eigenvalue weighted by Gasteiger charge is 2.06. The third-order valence-electron chi connectivity index (χ3n) is 3.52. The molecule has 0 bridgehead atoms. The van der Waals surface area contributed by atoms with Gasteiger partial charge in [0.25, 0.3) is 0 Å². The van der Waals surface area contributed by atoms with Crippen molar-refractivity contribution in [3.8, 4) is 0 Å². The summed E-state index contributed by atoms with van der Waals surface area (Å²) in [5.41, 5.74) is 4.18.